The first-order valence-corrected chi connectivity index (χ1v) is 2.35. The molecule has 0 aliphatic carbocycles. The van der Waals surface area contributed by atoms with Crippen LogP contribution in [-0.2, 0) is 26.3 Å². The summed E-state index contributed by atoms with van der Waals surface area (Å²) < 4.78 is 8.88. The van der Waals surface area contributed by atoms with E-state index in [4.69, 9.17) is 19.2 Å². The van der Waals surface area contributed by atoms with Crippen LogP contribution in [0.4, 0.5) is 0 Å². The van der Waals surface area contributed by atoms with Crippen LogP contribution >= 0.6 is 7.82 Å². The molecular weight excluding hydrogens is 198 g/mol. The fraction of sp³-hybridized carbons (Fsp3) is 0. The van der Waals surface area contributed by atoms with Gasteiger partial charge >= 0.3 is 59.2 Å². The van der Waals surface area contributed by atoms with Crippen LogP contribution < -0.4 is 51.4 Å². The topological polar surface area (TPSA) is 109 Å². The van der Waals surface area contributed by atoms with Gasteiger partial charge in [-0.25, -0.2) is 4.57 Å². The molecule has 0 rings (SSSR count). The van der Waals surface area contributed by atoms with E-state index in [-0.39, 0.29) is 80.0 Å². The van der Waals surface area contributed by atoms with Crippen LogP contribution in [-0.4, -0.2) is 20.2 Å². The summed E-state index contributed by atoms with van der Waals surface area (Å²) in [5.74, 6) is 0. The van der Waals surface area contributed by atoms with Crippen molar-refractivity contribution in [3.8, 4) is 0 Å². The van der Waals surface area contributed by atoms with Crippen molar-refractivity contribution in [2.45, 2.75) is 0 Å². The molecule has 0 aliphatic rings. The number of hydrogen-bond donors (Lipinski definition) is 3. The predicted molar refractivity (Wildman–Crippen MR) is 19.0 cm³/mol. The number of phosphoric acid groups is 1. The molecule has 0 aliphatic heterocycles. The average molecular weight is 204 g/mol. The molecule has 0 unspecified atom stereocenters. The third kappa shape index (κ3) is 79.1. The Labute approximate surface area is 105 Å². The monoisotopic (exact) mass is 204 g/mol. The third-order valence-corrected chi connectivity index (χ3v) is 0. The fourth-order valence-electron chi connectivity index (χ4n) is 0. The molecule has 0 fully saturated rings. The van der Waals surface area contributed by atoms with Gasteiger partial charge in [-0.2, -0.15) is 0 Å². The van der Waals surface area contributed by atoms with Crippen LogP contribution in [0.25, 0.3) is 0 Å². The molecule has 0 saturated heterocycles. The molecule has 5 N–H and O–H groups in total. The molecule has 0 heterocycles. The molecule has 0 aromatic carbocycles. The Morgan fingerprint density at radius 1 is 1.25 bits per heavy atom. The van der Waals surface area contributed by atoms with E-state index in [0.29, 0.717) is 0 Å². The Morgan fingerprint density at radius 2 is 1.25 bits per heavy atom. The van der Waals surface area contributed by atoms with Crippen molar-refractivity contribution >= 4 is 7.82 Å². The standard InChI is InChI=1S/K.H3O4P.H2O.Ti.H/c;1-5(2,3)4;;;/h;(H3,1,2,3,4);1H2;;/q+1;;;;-1. The van der Waals surface area contributed by atoms with Crippen molar-refractivity contribution in [2.24, 2.45) is 0 Å². The first-order valence-electron chi connectivity index (χ1n) is 0.783. The summed E-state index contributed by atoms with van der Waals surface area (Å²) in [4.78, 5) is 21.6. The van der Waals surface area contributed by atoms with E-state index in [2.05, 4.69) is 0 Å². The van der Waals surface area contributed by atoms with E-state index in [9.17, 15) is 0 Å². The molecular formula is H6KO5PTi. The molecule has 5 nitrogen and oxygen atoms in total. The summed E-state index contributed by atoms with van der Waals surface area (Å²) in [7, 11) is -4.64. The third-order valence-electron chi connectivity index (χ3n) is 0. The van der Waals surface area contributed by atoms with Crippen molar-refractivity contribution in [1.29, 1.82) is 0 Å². The van der Waals surface area contributed by atoms with Crippen LogP contribution in [0.3, 0.4) is 0 Å². The summed E-state index contributed by atoms with van der Waals surface area (Å²) in [6.07, 6.45) is 0. The molecule has 0 spiro atoms. The Balaban J connectivity index is -0.0000000133. The van der Waals surface area contributed by atoms with Crippen molar-refractivity contribution in [3.63, 3.8) is 0 Å². The van der Waals surface area contributed by atoms with Crippen molar-refractivity contribution in [3.05, 3.63) is 0 Å². The molecule has 0 atom stereocenters. The van der Waals surface area contributed by atoms with Crippen LogP contribution in [0.1, 0.15) is 1.43 Å². The van der Waals surface area contributed by atoms with Crippen LogP contribution in [0, 0.1) is 0 Å². The zero-order valence-electron chi connectivity index (χ0n) is 5.20. The second-order valence-corrected chi connectivity index (χ2v) is 1.54. The van der Waals surface area contributed by atoms with E-state index in [0.717, 1.165) is 0 Å². The molecule has 8 heavy (non-hydrogen) atoms. The van der Waals surface area contributed by atoms with Gasteiger partial charge in [-0.05, 0) is 0 Å². The maximum atomic E-state index is 8.88. The summed E-state index contributed by atoms with van der Waals surface area (Å²) in [6, 6.07) is 0. The molecule has 0 saturated carbocycles. The van der Waals surface area contributed by atoms with Gasteiger partial charge in [0.15, 0.2) is 0 Å². The van der Waals surface area contributed by atoms with Gasteiger partial charge in [0.25, 0.3) is 0 Å². The van der Waals surface area contributed by atoms with Gasteiger partial charge in [0.05, 0.1) is 0 Å². The molecule has 0 radical (unpaired) electrons. The molecule has 8 heteroatoms. The van der Waals surface area contributed by atoms with Gasteiger partial charge in [-0.1, -0.05) is 0 Å². The van der Waals surface area contributed by atoms with Crippen LogP contribution in [0.15, 0.2) is 0 Å². The summed E-state index contributed by atoms with van der Waals surface area (Å²) >= 11 is 0. The average Bonchev–Trinajstić information content (AvgIpc) is 0.722. The van der Waals surface area contributed by atoms with Crippen molar-refractivity contribution < 1.29 is 99.3 Å². The van der Waals surface area contributed by atoms with Gasteiger partial charge < -0.3 is 21.6 Å². The van der Waals surface area contributed by atoms with Gasteiger partial charge in [0.2, 0.25) is 0 Å². The molecule has 0 aromatic heterocycles. The summed E-state index contributed by atoms with van der Waals surface area (Å²) in [5.41, 5.74) is 0. The van der Waals surface area contributed by atoms with E-state index in [1.165, 1.54) is 0 Å². The Morgan fingerprint density at radius 3 is 1.25 bits per heavy atom. The second-order valence-electron chi connectivity index (χ2n) is 0.513. The zero-order valence-corrected chi connectivity index (χ0v) is 9.78. The maximum absolute atomic E-state index is 8.88. The minimum atomic E-state index is -4.64. The molecule has 0 bridgehead atoms. The van der Waals surface area contributed by atoms with Crippen molar-refractivity contribution in [2.75, 3.05) is 0 Å². The maximum Gasteiger partial charge on any atom is 1.00 e. The van der Waals surface area contributed by atoms with E-state index >= 15 is 0 Å². The number of hydrogen-bond acceptors (Lipinski definition) is 1. The van der Waals surface area contributed by atoms with Crippen molar-refractivity contribution in [1.82, 2.24) is 0 Å². The summed E-state index contributed by atoms with van der Waals surface area (Å²) in [6.45, 7) is 0. The predicted octanol–water partition coefficient (Wildman–Crippen LogP) is -4.64. The SMILES string of the molecule is O.O=P(O)(O)O.[H-].[K+].[Ti]. The van der Waals surface area contributed by atoms with Gasteiger partial charge in [0.1, 0.15) is 0 Å². The smallest absolute Gasteiger partial charge is 1.00 e. The van der Waals surface area contributed by atoms with Gasteiger partial charge in [-0.15, -0.1) is 0 Å². The van der Waals surface area contributed by atoms with E-state index in [1.807, 2.05) is 0 Å². The van der Waals surface area contributed by atoms with Gasteiger partial charge in [-0.3, -0.25) is 0 Å². The zero-order chi connectivity index (χ0) is 4.50. The van der Waals surface area contributed by atoms with Crippen LogP contribution in [0.2, 0.25) is 0 Å². The molecule has 46 valence electrons. The first kappa shape index (κ1) is 22.4. The largest absolute Gasteiger partial charge is 1.00 e. The summed E-state index contributed by atoms with van der Waals surface area (Å²) in [5, 5.41) is 0. The quantitative estimate of drug-likeness (QED) is 0.272. The number of rotatable bonds is 0. The normalized spacial score (nSPS) is 7.38. The van der Waals surface area contributed by atoms with Gasteiger partial charge in [0, 0.05) is 21.7 Å². The Kier molecular flexibility index (Phi) is 26.4. The van der Waals surface area contributed by atoms with Crippen LogP contribution in [0.5, 0.6) is 0 Å². The Hall–Kier alpha value is 2.42. The fourth-order valence-corrected chi connectivity index (χ4v) is 0. The Bertz CT molecular complexity index is 63.1. The van der Waals surface area contributed by atoms with E-state index in [1.54, 1.807) is 0 Å². The minimum absolute atomic E-state index is 0. The minimum Gasteiger partial charge on any atom is -1.00 e. The molecule has 0 amide bonds. The van der Waals surface area contributed by atoms with E-state index < -0.39 is 7.82 Å². The first-order chi connectivity index (χ1) is 2.00. The second kappa shape index (κ2) is 9.42. The molecule has 0 aromatic rings.